The van der Waals surface area contributed by atoms with Crippen molar-refractivity contribution in [3.05, 3.63) is 29.8 Å². The molecule has 0 saturated carbocycles. The summed E-state index contributed by atoms with van der Waals surface area (Å²) in [5, 5.41) is 2.73. The maximum absolute atomic E-state index is 12.0. The summed E-state index contributed by atoms with van der Waals surface area (Å²) >= 11 is 0. The first-order valence-electron chi connectivity index (χ1n) is 6.39. The van der Waals surface area contributed by atoms with E-state index in [-0.39, 0.29) is 23.4 Å². The van der Waals surface area contributed by atoms with E-state index in [1.54, 1.807) is 12.1 Å². The van der Waals surface area contributed by atoms with Crippen LogP contribution in [0.2, 0.25) is 0 Å². The van der Waals surface area contributed by atoms with Gasteiger partial charge in [-0.25, -0.2) is 13.1 Å². The number of aryl methyl sites for hydroxylation is 1. The van der Waals surface area contributed by atoms with Crippen molar-refractivity contribution in [3.63, 3.8) is 0 Å². The molecular formula is C13H18N2O3S. The minimum absolute atomic E-state index is 0.0171. The lowest BCUT2D eigenvalue weighted by molar-refractivity contribution is -0.119. The molecule has 0 bridgehead atoms. The van der Waals surface area contributed by atoms with Crippen LogP contribution in [0.5, 0.6) is 0 Å². The fraction of sp³-hybridized carbons (Fsp3) is 0.462. The van der Waals surface area contributed by atoms with Crippen molar-refractivity contribution in [1.29, 1.82) is 0 Å². The monoisotopic (exact) mass is 282 g/mol. The predicted octanol–water partition coefficient (Wildman–Crippen LogP) is 0.806. The lowest BCUT2D eigenvalue weighted by Gasteiger charge is -2.12. The van der Waals surface area contributed by atoms with Crippen LogP contribution < -0.4 is 10.0 Å². The summed E-state index contributed by atoms with van der Waals surface area (Å²) in [4.78, 5) is 11.3. The minimum Gasteiger partial charge on any atom is -0.352 e. The Bertz CT molecular complexity index is 552. The smallest absolute Gasteiger partial charge is 0.240 e. The highest BCUT2D eigenvalue weighted by Crippen LogP contribution is 2.12. The lowest BCUT2D eigenvalue weighted by atomic mass is 10.2. The summed E-state index contributed by atoms with van der Waals surface area (Å²) in [6, 6.07) is 6.73. The van der Waals surface area contributed by atoms with Crippen LogP contribution in [-0.2, 0) is 21.2 Å². The predicted molar refractivity (Wildman–Crippen MR) is 72.2 cm³/mol. The standard InChI is InChI=1S/C13H18N2O3S/c1-2-10-3-6-12(7-4-10)19(17,18)14-9-11-5-8-13(16)15-11/h3-4,6-7,11,14H,2,5,8-9H2,1H3,(H,15,16). The molecule has 1 aromatic rings. The van der Waals surface area contributed by atoms with Crippen LogP contribution in [0.15, 0.2) is 29.2 Å². The average molecular weight is 282 g/mol. The Hall–Kier alpha value is -1.40. The molecular weight excluding hydrogens is 264 g/mol. The Morgan fingerprint density at radius 3 is 2.53 bits per heavy atom. The molecule has 0 aliphatic carbocycles. The summed E-state index contributed by atoms with van der Waals surface area (Å²) < 4.78 is 26.6. The van der Waals surface area contributed by atoms with E-state index >= 15 is 0 Å². The molecule has 1 fully saturated rings. The van der Waals surface area contributed by atoms with E-state index in [1.807, 2.05) is 19.1 Å². The van der Waals surface area contributed by atoms with Gasteiger partial charge in [-0.15, -0.1) is 0 Å². The van der Waals surface area contributed by atoms with Crippen molar-refractivity contribution < 1.29 is 13.2 Å². The van der Waals surface area contributed by atoms with Gasteiger partial charge in [0, 0.05) is 19.0 Å². The number of benzene rings is 1. The molecule has 1 aromatic carbocycles. The van der Waals surface area contributed by atoms with E-state index < -0.39 is 10.0 Å². The molecule has 0 spiro atoms. The van der Waals surface area contributed by atoms with Gasteiger partial charge in [-0.1, -0.05) is 19.1 Å². The van der Waals surface area contributed by atoms with Gasteiger partial charge in [0.2, 0.25) is 15.9 Å². The number of hydrogen-bond acceptors (Lipinski definition) is 3. The fourth-order valence-corrected chi connectivity index (χ4v) is 3.11. The molecule has 104 valence electrons. The van der Waals surface area contributed by atoms with Gasteiger partial charge >= 0.3 is 0 Å². The van der Waals surface area contributed by atoms with Gasteiger partial charge < -0.3 is 5.32 Å². The average Bonchev–Trinajstić information content (AvgIpc) is 2.82. The fourth-order valence-electron chi connectivity index (χ4n) is 2.03. The Morgan fingerprint density at radius 1 is 1.32 bits per heavy atom. The maximum Gasteiger partial charge on any atom is 0.240 e. The van der Waals surface area contributed by atoms with Gasteiger partial charge in [-0.2, -0.15) is 0 Å². The van der Waals surface area contributed by atoms with Crippen molar-refractivity contribution in [2.75, 3.05) is 6.54 Å². The summed E-state index contributed by atoms with van der Waals surface area (Å²) in [6.07, 6.45) is 2.02. The van der Waals surface area contributed by atoms with Gasteiger partial charge in [-0.3, -0.25) is 4.79 Å². The summed E-state index contributed by atoms with van der Waals surface area (Å²) in [5.74, 6) is -0.0171. The van der Waals surface area contributed by atoms with Crippen LogP contribution in [0.4, 0.5) is 0 Å². The molecule has 6 heteroatoms. The lowest BCUT2D eigenvalue weighted by Crippen LogP contribution is -2.38. The summed E-state index contributed by atoms with van der Waals surface area (Å²) in [5.41, 5.74) is 1.10. The number of sulfonamides is 1. The maximum atomic E-state index is 12.0. The molecule has 1 atom stereocenters. The van der Waals surface area contributed by atoms with E-state index in [0.717, 1.165) is 12.0 Å². The molecule has 1 saturated heterocycles. The largest absolute Gasteiger partial charge is 0.352 e. The first kappa shape index (κ1) is 14.0. The van der Waals surface area contributed by atoms with Crippen molar-refractivity contribution >= 4 is 15.9 Å². The third-order valence-electron chi connectivity index (χ3n) is 3.25. The Kier molecular flexibility index (Phi) is 4.21. The Balaban J connectivity index is 1.99. The van der Waals surface area contributed by atoms with E-state index in [2.05, 4.69) is 10.0 Å². The second-order valence-corrected chi connectivity index (χ2v) is 6.42. The Labute approximate surface area is 113 Å². The molecule has 1 aliphatic rings. The van der Waals surface area contributed by atoms with Crippen molar-refractivity contribution in [2.24, 2.45) is 0 Å². The topological polar surface area (TPSA) is 75.3 Å². The first-order valence-corrected chi connectivity index (χ1v) is 7.87. The van der Waals surface area contributed by atoms with Gasteiger partial charge in [0.05, 0.1) is 4.90 Å². The van der Waals surface area contributed by atoms with Crippen molar-refractivity contribution in [3.8, 4) is 0 Å². The van der Waals surface area contributed by atoms with Gasteiger partial charge in [-0.05, 0) is 30.5 Å². The molecule has 0 aromatic heterocycles. The summed E-state index contributed by atoms with van der Waals surface area (Å²) in [6.45, 7) is 2.26. The molecule has 2 rings (SSSR count). The van der Waals surface area contributed by atoms with E-state index in [0.29, 0.717) is 12.8 Å². The zero-order valence-corrected chi connectivity index (χ0v) is 11.7. The van der Waals surface area contributed by atoms with Crippen LogP contribution in [0.1, 0.15) is 25.3 Å². The number of carbonyl (C=O) groups excluding carboxylic acids is 1. The normalized spacial score (nSPS) is 19.4. The second-order valence-electron chi connectivity index (χ2n) is 4.65. The zero-order valence-electron chi connectivity index (χ0n) is 10.8. The van der Waals surface area contributed by atoms with E-state index in [4.69, 9.17) is 0 Å². The van der Waals surface area contributed by atoms with Crippen LogP contribution in [-0.4, -0.2) is 26.9 Å². The highest BCUT2D eigenvalue weighted by atomic mass is 32.2. The third kappa shape index (κ3) is 3.54. The molecule has 1 amide bonds. The number of hydrogen-bond donors (Lipinski definition) is 2. The number of amides is 1. The molecule has 0 radical (unpaired) electrons. The molecule has 1 heterocycles. The van der Waals surface area contributed by atoms with E-state index in [9.17, 15) is 13.2 Å². The van der Waals surface area contributed by atoms with Crippen molar-refractivity contribution in [1.82, 2.24) is 10.0 Å². The van der Waals surface area contributed by atoms with E-state index in [1.165, 1.54) is 0 Å². The van der Waals surface area contributed by atoms with Crippen LogP contribution in [0.25, 0.3) is 0 Å². The van der Waals surface area contributed by atoms with Crippen LogP contribution >= 0.6 is 0 Å². The van der Waals surface area contributed by atoms with Crippen LogP contribution in [0, 0.1) is 0 Å². The Morgan fingerprint density at radius 2 is 2.00 bits per heavy atom. The highest BCUT2D eigenvalue weighted by molar-refractivity contribution is 7.89. The molecule has 1 unspecified atom stereocenters. The van der Waals surface area contributed by atoms with Gasteiger partial charge in [0.15, 0.2) is 0 Å². The zero-order chi connectivity index (χ0) is 13.9. The molecule has 1 aliphatic heterocycles. The van der Waals surface area contributed by atoms with Crippen molar-refractivity contribution in [2.45, 2.75) is 37.1 Å². The second kappa shape index (κ2) is 5.71. The SMILES string of the molecule is CCc1ccc(S(=O)(=O)NCC2CCC(=O)N2)cc1. The van der Waals surface area contributed by atoms with Gasteiger partial charge in [0.1, 0.15) is 0 Å². The quantitative estimate of drug-likeness (QED) is 0.839. The molecule has 2 N–H and O–H groups in total. The number of carbonyl (C=O) groups is 1. The van der Waals surface area contributed by atoms with Gasteiger partial charge in [0.25, 0.3) is 0 Å². The highest BCUT2D eigenvalue weighted by Gasteiger charge is 2.23. The number of nitrogens with one attached hydrogen (secondary N) is 2. The number of rotatable bonds is 5. The molecule has 19 heavy (non-hydrogen) atoms. The molecule has 5 nitrogen and oxygen atoms in total. The third-order valence-corrected chi connectivity index (χ3v) is 4.69. The minimum atomic E-state index is -3.49. The van der Waals surface area contributed by atoms with Crippen LogP contribution in [0.3, 0.4) is 0 Å². The first-order chi connectivity index (χ1) is 9.01. The summed E-state index contributed by atoms with van der Waals surface area (Å²) in [7, 11) is -3.49.